The predicted molar refractivity (Wildman–Crippen MR) is 150 cm³/mol. The largest absolute Gasteiger partial charge is 0.507 e. The number of phenolic OH excluding ortho intramolecular Hbond substituents is 1. The second-order valence-electron chi connectivity index (χ2n) is 11.5. The van der Waals surface area contributed by atoms with E-state index in [0.29, 0.717) is 11.7 Å². The third-order valence-electron chi connectivity index (χ3n) is 6.70. The summed E-state index contributed by atoms with van der Waals surface area (Å²) in [5.41, 5.74) is 3.89. The Kier molecular flexibility index (Phi) is 7.54. The molecule has 0 aliphatic carbocycles. The van der Waals surface area contributed by atoms with Crippen LogP contribution in [0.3, 0.4) is 0 Å². The molecular formula is C28H38N2OS3. The second kappa shape index (κ2) is 9.96. The SMILES string of the molecule is CSc1ccc(CN2CCC(c3nc(-c4cc(C(C)(C)C)c(O)c(C(C)(C)C)c4)cs3)CC2)s1. The topological polar surface area (TPSA) is 36.4 Å². The molecule has 0 saturated carbocycles. The Hall–Kier alpha value is -1.34. The predicted octanol–water partition coefficient (Wildman–Crippen LogP) is 8.27. The lowest BCUT2D eigenvalue weighted by molar-refractivity contribution is 0.206. The summed E-state index contributed by atoms with van der Waals surface area (Å²) >= 11 is 5.56. The van der Waals surface area contributed by atoms with E-state index in [9.17, 15) is 5.11 Å². The number of phenols is 1. The number of thiophene rings is 1. The molecule has 0 bridgehead atoms. The molecule has 0 unspecified atom stereocenters. The molecule has 0 radical (unpaired) electrons. The molecule has 3 heterocycles. The van der Waals surface area contributed by atoms with Crippen molar-refractivity contribution in [2.45, 2.75) is 81.9 Å². The van der Waals surface area contributed by atoms with Gasteiger partial charge >= 0.3 is 0 Å². The summed E-state index contributed by atoms with van der Waals surface area (Å²) in [5.74, 6) is 0.975. The van der Waals surface area contributed by atoms with Crippen molar-refractivity contribution in [3.8, 4) is 17.0 Å². The fourth-order valence-corrected chi connectivity index (χ4v) is 7.28. The van der Waals surface area contributed by atoms with Crippen LogP contribution in [0.4, 0.5) is 0 Å². The maximum absolute atomic E-state index is 11.1. The van der Waals surface area contributed by atoms with Crippen LogP contribution in [0.2, 0.25) is 0 Å². The molecule has 0 spiro atoms. The maximum atomic E-state index is 11.1. The van der Waals surface area contributed by atoms with Crippen molar-refractivity contribution in [3.05, 3.63) is 50.7 Å². The van der Waals surface area contributed by atoms with E-state index in [2.05, 4.69) is 82.3 Å². The highest BCUT2D eigenvalue weighted by Gasteiger charge is 2.28. The first-order chi connectivity index (χ1) is 16.0. The Labute approximate surface area is 217 Å². The Morgan fingerprint density at radius 3 is 2.18 bits per heavy atom. The van der Waals surface area contributed by atoms with Gasteiger partial charge in [-0.3, -0.25) is 4.90 Å². The summed E-state index contributed by atoms with van der Waals surface area (Å²) in [6.07, 6.45) is 4.49. The number of thioether (sulfide) groups is 1. The van der Waals surface area contributed by atoms with Crippen molar-refractivity contribution in [2.75, 3.05) is 19.3 Å². The Morgan fingerprint density at radius 2 is 1.65 bits per heavy atom. The molecule has 0 amide bonds. The van der Waals surface area contributed by atoms with Crippen molar-refractivity contribution in [2.24, 2.45) is 0 Å². The number of aromatic hydroxyl groups is 1. The second-order valence-corrected chi connectivity index (χ2v) is 14.6. The van der Waals surface area contributed by atoms with Crippen LogP contribution in [-0.4, -0.2) is 34.3 Å². The number of benzene rings is 1. The smallest absolute Gasteiger partial charge is 0.123 e. The Balaban J connectivity index is 1.50. The zero-order valence-corrected chi connectivity index (χ0v) is 24.0. The molecule has 3 nitrogen and oxygen atoms in total. The van der Waals surface area contributed by atoms with Crippen LogP contribution in [0.25, 0.3) is 11.3 Å². The van der Waals surface area contributed by atoms with Gasteiger partial charge in [0.05, 0.1) is 14.9 Å². The van der Waals surface area contributed by atoms with Crippen LogP contribution in [0.15, 0.2) is 33.9 Å². The lowest BCUT2D eigenvalue weighted by atomic mass is 9.78. The van der Waals surface area contributed by atoms with Crippen LogP contribution in [0.1, 0.15) is 81.3 Å². The van der Waals surface area contributed by atoms with Crippen molar-refractivity contribution in [1.29, 1.82) is 0 Å². The standard InChI is InChI=1S/C28H38N2OS3/c1-27(2,3)21-14-19(15-22(25(21)31)28(4,5)6)23-17-33-26(29-23)18-10-12-30(13-11-18)16-20-8-9-24(32-7)34-20/h8-9,14-15,17-18,31H,10-13,16H2,1-7H3. The van der Waals surface area contributed by atoms with E-state index >= 15 is 0 Å². The van der Waals surface area contributed by atoms with E-state index in [4.69, 9.17) is 4.98 Å². The fourth-order valence-electron chi connectivity index (χ4n) is 4.64. The summed E-state index contributed by atoms with van der Waals surface area (Å²) in [6, 6.07) is 8.82. The number of hydrogen-bond donors (Lipinski definition) is 1. The summed E-state index contributed by atoms with van der Waals surface area (Å²) in [7, 11) is 0. The van der Waals surface area contributed by atoms with Gasteiger partial charge in [-0.1, -0.05) is 41.5 Å². The van der Waals surface area contributed by atoms with E-state index in [-0.39, 0.29) is 10.8 Å². The summed E-state index contributed by atoms with van der Waals surface area (Å²) in [5, 5.41) is 14.5. The first-order valence-corrected chi connectivity index (χ1v) is 15.1. The van der Waals surface area contributed by atoms with Gasteiger partial charge in [0.25, 0.3) is 0 Å². The molecule has 1 N–H and O–H groups in total. The summed E-state index contributed by atoms with van der Waals surface area (Å²) < 4.78 is 1.40. The fraction of sp³-hybridized carbons (Fsp3) is 0.536. The van der Waals surface area contributed by atoms with Gasteiger partial charge in [-0.25, -0.2) is 4.98 Å². The van der Waals surface area contributed by atoms with Crippen molar-refractivity contribution in [1.82, 2.24) is 9.88 Å². The van der Waals surface area contributed by atoms with E-state index < -0.39 is 0 Å². The quantitative estimate of drug-likeness (QED) is 0.348. The zero-order valence-electron chi connectivity index (χ0n) is 21.6. The number of aromatic nitrogens is 1. The number of thiazole rings is 1. The number of rotatable bonds is 5. The monoisotopic (exact) mass is 514 g/mol. The number of nitrogens with zero attached hydrogens (tertiary/aromatic N) is 2. The highest BCUT2D eigenvalue weighted by molar-refractivity contribution is 8.00. The number of piperidine rings is 1. The van der Waals surface area contributed by atoms with Crippen LogP contribution in [0, 0.1) is 0 Å². The maximum Gasteiger partial charge on any atom is 0.123 e. The molecule has 1 fully saturated rings. The Morgan fingerprint density at radius 1 is 1.03 bits per heavy atom. The van der Waals surface area contributed by atoms with E-state index in [0.717, 1.165) is 42.0 Å². The van der Waals surface area contributed by atoms with Crippen LogP contribution < -0.4 is 0 Å². The molecule has 184 valence electrons. The van der Waals surface area contributed by atoms with Crippen molar-refractivity contribution in [3.63, 3.8) is 0 Å². The molecule has 2 aromatic heterocycles. The summed E-state index contributed by atoms with van der Waals surface area (Å²) in [4.78, 5) is 9.18. The molecule has 1 saturated heterocycles. The van der Waals surface area contributed by atoms with Crippen LogP contribution in [-0.2, 0) is 17.4 Å². The van der Waals surface area contributed by atoms with Crippen LogP contribution >= 0.6 is 34.4 Å². The van der Waals surface area contributed by atoms with E-state index in [1.54, 1.807) is 11.3 Å². The van der Waals surface area contributed by atoms with Gasteiger partial charge < -0.3 is 5.11 Å². The molecule has 1 aromatic carbocycles. The molecule has 6 heteroatoms. The van der Waals surface area contributed by atoms with Gasteiger partial charge in [0, 0.05) is 39.4 Å². The van der Waals surface area contributed by atoms with E-state index in [1.165, 1.54) is 26.9 Å². The normalized spacial score (nSPS) is 16.3. The first-order valence-electron chi connectivity index (χ1n) is 12.1. The van der Waals surface area contributed by atoms with Gasteiger partial charge in [0.15, 0.2) is 0 Å². The zero-order chi connectivity index (χ0) is 24.7. The van der Waals surface area contributed by atoms with E-state index in [1.807, 2.05) is 23.1 Å². The molecule has 1 aliphatic heterocycles. The van der Waals surface area contributed by atoms with Crippen LogP contribution in [0.5, 0.6) is 5.75 Å². The number of likely N-dealkylation sites (tertiary alicyclic amines) is 1. The lowest BCUT2D eigenvalue weighted by Crippen LogP contribution is -2.32. The average Bonchev–Trinajstić information content (AvgIpc) is 3.42. The van der Waals surface area contributed by atoms with Gasteiger partial charge in [-0.15, -0.1) is 34.4 Å². The molecular weight excluding hydrogens is 477 g/mol. The third-order valence-corrected chi connectivity index (χ3v) is 9.86. The summed E-state index contributed by atoms with van der Waals surface area (Å²) in [6.45, 7) is 16.3. The minimum absolute atomic E-state index is 0.134. The van der Waals surface area contributed by atoms with Gasteiger partial charge in [0.2, 0.25) is 0 Å². The van der Waals surface area contributed by atoms with Crippen molar-refractivity contribution < 1.29 is 5.11 Å². The molecule has 0 atom stereocenters. The lowest BCUT2D eigenvalue weighted by Gasteiger charge is -2.30. The Bertz CT molecular complexity index is 1090. The van der Waals surface area contributed by atoms with Gasteiger partial charge in [-0.05, 0) is 67.3 Å². The average molecular weight is 515 g/mol. The molecule has 3 aromatic rings. The minimum atomic E-state index is -0.134. The highest BCUT2D eigenvalue weighted by atomic mass is 32.2. The van der Waals surface area contributed by atoms with Crippen molar-refractivity contribution >= 4 is 34.4 Å². The molecule has 4 rings (SSSR count). The first kappa shape index (κ1) is 25.7. The molecule has 1 aliphatic rings. The van der Waals surface area contributed by atoms with Gasteiger partial charge in [-0.2, -0.15) is 0 Å². The van der Waals surface area contributed by atoms with Gasteiger partial charge in [0.1, 0.15) is 5.75 Å². The number of hydrogen-bond acceptors (Lipinski definition) is 6. The minimum Gasteiger partial charge on any atom is -0.507 e. The molecule has 34 heavy (non-hydrogen) atoms. The third kappa shape index (κ3) is 5.72. The highest BCUT2D eigenvalue weighted by Crippen LogP contribution is 2.43.